The Morgan fingerprint density at radius 1 is 1.45 bits per heavy atom. The minimum Gasteiger partial charge on any atom is -0.352 e. The molecule has 5 heteroatoms. The third-order valence-electron chi connectivity index (χ3n) is 3.56. The highest BCUT2D eigenvalue weighted by atomic mass is 127. The molecule has 20 heavy (non-hydrogen) atoms. The van der Waals surface area contributed by atoms with E-state index < -0.39 is 0 Å². The molecule has 1 atom stereocenters. The molecular weight excluding hydrogens is 370 g/mol. The highest BCUT2D eigenvalue weighted by molar-refractivity contribution is 14.1. The molecule has 1 unspecified atom stereocenters. The van der Waals surface area contributed by atoms with E-state index in [0.717, 1.165) is 6.54 Å². The molecule has 1 saturated heterocycles. The molecule has 1 N–H and O–H groups in total. The van der Waals surface area contributed by atoms with E-state index >= 15 is 0 Å². The molecule has 1 aliphatic rings. The topological polar surface area (TPSA) is 32.3 Å². The van der Waals surface area contributed by atoms with Crippen LogP contribution in [0.25, 0.3) is 0 Å². The lowest BCUT2D eigenvalue weighted by atomic mass is 10.1. The van der Waals surface area contributed by atoms with Crippen LogP contribution in [0.5, 0.6) is 0 Å². The van der Waals surface area contributed by atoms with Crippen molar-refractivity contribution in [3.8, 4) is 0 Å². The maximum Gasteiger partial charge on any atom is 0.252 e. The number of benzene rings is 1. The van der Waals surface area contributed by atoms with Crippen LogP contribution in [-0.2, 0) is 0 Å². The molecule has 0 aliphatic carbocycles. The Bertz CT molecular complexity index is 475. The van der Waals surface area contributed by atoms with Gasteiger partial charge in [-0.1, -0.05) is 6.92 Å². The van der Waals surface area contributed by atoms with Gasteiger partial charge in [-0.3, -0.25) is 4.79 Å². The molecule has 1 amide bonds. The van der Waals surface area contributed by atoms with Crippen molar-refractivity contribution < 1.29 is 9.18 Å². The second-order valence-corrected chi connectivity index (χ2v) is 6.61. The van der Waals surface area contributed by atoms with Crippen LogP contribution in [0, 0.1) is 15.3 Å². The van der Waals surface area contributed by atoms with Crippen molar-refractivity contribution in [1.82, 2.24) is 10.2 Å². The fourth-order valence-corrected chi connectivity index (χ4v) is 3.23. The molecule has 0 saturated carbocycles. The summed E-state index contributed by atoms with van der Waals surface area (Å²) in [4.78, 5) is 14.5. The summed E-state index contributed by atoms with van der Waals surface area (Å²) in [5.41, 5.74) is 0.542. The van der Waals surface area contributed by atoms with Gasteiger partial charge >= 0.3 is 0 Å². The summed E-state index contributed by atoms with van der Waals surface area (Å²) in [6.45, 7) is 6.18. The summed E-state index contributed by atoms with van der Waals surface area (Å²) in [5, 5.41) is 2.94. The number of hydrogen-bond donors (Lipinski definition) is 1. The Hall–Kier alpha value is -0.690. The van der Waals surface area contributed by atoms with Crippen molar-refractivity contribution in [3.05, 3.63) is 33.1 Å². The molecule has 0 spiro atoms. The molecule has 1 heterocycles. The Labute approximate surface area is 133 Å². The van der Waals surface area contributed by atoms with E-state index in [2.05, 4.69) is 17.1 Å². The van der Waals surface area contributed by atoms with Crippen molar-refractivity contribution in [2.24, 2.45) is 5.92 Å². The second-order valence-electron chi connectivity index (χ2n) is 5.45. The first-order valence-corrected chi connectivity index (χ1v) is 8.09. The van der Waals surface area contributed by atoms with E-state index in [1.165, 1.54) is 44.1 Å². The lowest BCUT2D eigenvalue weighted by Crippen LogP contribution is -2.34. The van der Waals surface area contributed by atoms with Gasteiger partial charge in [-0.15, -0.1) is 0 Å². The van der Waals surface area contributed by atoms with Crippen LogP contribution >= 0.6 is 22.6 Å². The minimum atomic E-state index is -0.312. The highest BCUT2D eigenvalue weighted by Crippen LogP contribution is 2.14. The predicted molar refractivity (Wildman–Crippen MR) is 86.3 cm³/mol. The number of halogens is 2. The maximum absolute atomic E-state index is 13.0. The third-order valence-corrected chi connectivity index (χ3v) is 4.45. The molecule has 1 fully saturated rings. The predicted octanol–water partition coefficient (Wildman–Crippen LogP) is 2.89. The van der Waals surface area contributed by atoms with Gasteiger partial charge in [0.2, 0.25) is 0 Å². The summed E-state index contributed by atoms with van der Waals surface area (Å²) in [5.74, 6) is -0.00816. The van der Waals surface area contributed by atoms with Crippen molar-refractivity contribution in [2.75, 3.05) is 26.2 Å². The number of carbonyl (C=O) groups is 1. The molecule has 1 aliphatic heterocycles. The van der Waals surface area contributed by atoms with Crippen molar-refractivity contribution >= 4 is 28.5 Å². The van der Waals surface area contributed by atoms with Crippen molar-refractivity contribution in [3.63, 3.8) is 0 Å². The fourth-order valence-electron chi connectivity index (χ4n) is 2.51. The fraction of sp³-hybridized carbons (Fsp3) is 0.533. The van der Waals surface area contributed by atoms with Crippen molar-refractivity contribution in [2.45, 2.75) is 19.8 Å². The van der Waals surface area contributed by atoms with Crippen LogP contribution in [0.4, 0.5) is 4.39 Å². The minimum absolute atomic E-state index is 0.123. The molecule has 2 rings (SSSR count). The molecule has 0 aromatic heterocycles. The number of hydrogen-bond acceptors (Lipinski definition) is 2. The molecule has 1 aromatic rings. The van der Waals surface area contributed by atoms with E-state index in [9.17, 15) is 9.18 Å². The lowest BCUT2D eigenvalue weighted by molar-refractivity contribution is 0.0944. The number of nitrogens with one attached hydrogen (secondary N) is 1. The molecule has 110 valence electrons. The summed E-state index contributed by atoms with van der Waals surface area (Å²) >= 11 is 1.99. The zero-order valence-corrected chi connectivity index (χ0v) is 13.8. The first-order chi connectivity index (χ1) is 9.56. The van der Waals surface area contributed by atoms with E-state index in [0.29, 0.717) is 21.6 Å². The largest absolute Gasteiger partial charge is 0.352 e. The van der Waals surface area contributed by atoms with Crippen molar-refractivity contribution in [1.29, 1.82) is 0 Å². The van der Waals surface area contributed by atoms with Gasteiger partial charge in [0.25, 0.3) is 5.91 Å². The molecule has 1 aromatic carbocycles. The number of carbonyl (C=O) groups excluding carboxylic acids is 1. The average Bonchev–Trinajstić information content (AvgIpc) is 2.89. The van der Waals surface area contributed by atoms with E-state index in [-0.39, 0.29) is 11.7 Å². The SMILES string of the molecule is CC(CNC(=O)c1ccc(F)cc1I)CN1CCCC1. The third kappa shape index (κ3) is 4.41. The normalized spacial score (nSPS) is 17.1. The monoisotopic (exact) mass is 390 g/mol. The Kier molecular flexibility index (Phi) is 5.77. The Balaban J connectivity index is 1.81. The van der Waals surface area contributed by atoms with Gasteiger partial charge in [0.1, 0.15) is 5.82 Å². The van der Waals surface area contributed by atoms with Crippen LogP contribution in [0.3, 0.4) is 0 Å². The molecule has 3 nitrogen and oxygen atoms in total. The second kappa shape index (κ2) is 7.36. The van der Waals surface area contributed by atoms with Gasteiger partial charge in [-0.2, -0.15) is 0 Å². The highest BCUT2D eigenvalue weighted by Gasteiger charge is 2.16. The van der Waals surface area contributed by atoms with E-state index in [4.69, 9.17) is 0 Å². The zero-order chi connectivity index (χ0) is 14.5. The number of likely N-dealkylation sites (tertiary alicyclic amines) is 1. The summed E-state index contributed by atoms with van der Waals surface area (Å²) in [7, 11) is 0. The smallest absolute Gasteiger partial charge is 0.252 e. The molecule has 0 radical (unpaired) electrons. The average molecular weight is 390 g/mol. The van der Waals surface area contributed by atoms with Crippen LogP contribution in [0.2, 0.25) is 0 Å². The van der Waals surface area contributed by atoms with E-state index in [1.807, 2.05) is 22.6 Å². The number of amides is 1. The van der Waals surface area contributed by atoms with E-state index in [1.54, 1.807) is 0 Å². The first-order valence-electron chi connectivity index (χ1n) is 7.02. The van der Waals surface area contributed by atoms with Gasteiger partial charge < -0.3 is 10.2 Å². The first kappa shape index (κ1) is 15.7. The van der Waals surface area contributed by atoms with Crippen LogP contribution in [-0.4, -0.2) is 37.0 Å². The molecular formula is C15H20FIN2O. The Morgan fingerprint density at radius 2 is 2.15 bits per heavy atom. The number of nitrogens with zero attached hydrogens (tertiary/aromatic N) is 1. The van der Waals surface area contributed by atoms with Gasteiger partial charge in [0.15, 0.2) is 0 Å². The summed E-state index contributed by atoms with van der Waals surface area (Å²) in [6.07, 6.45) is 2.57. The van der Waals surface area contributed by atoms with Crippen LogP contribution in [0.15, 0.2) is 18.2 Å². The van der Waals surface area contributed by atoms with Gasteiger partial charge in [0.05, 0.1) is 5.56 Å². The van der Waals surface area contributed by atoms with Gasteiger partial charge in [-0.25, -0.2) is 4.39 Å². The van der Waals surface area contributed by atoms with Crippen LogP contribution in [0.1, 0.15) is 30.1 Å². The standard InChI is InChI=1S/C15H20FIN2O/c1-11(10-19-6-2-3-7-19)9-18-15(20)13-5-4-12(16)8-14(13)17/h4-5,8,11H,2-3,6-7,9-10H2,1H3,(H,18,20). The maximum atomic E-state index is 13.0. The Morgan fingerprint density at radius 3 is 2.80 bits per heavy atom. The molecule has 0 bridgehead atoms. The summed E-state index contributed by atoms with van der Waals surface area (Å²) < 4.78 is 13.7. The van der Waals surface area contributed by atoms with Gasteiger partial charge in [0, 0.05) is 16.7 Å². The quantitative estimate of drug-likeness (QED) is 0.785. The number of rotatable bonds is 5. The van der Waals surface area contributed by atoms with Gasteiger partial charge in [-0.05, 0) is 72.6 Å². The summed E-state index contributed by atoms with van der Waals surface area (Å²) in [6, 6.07) is 4.24. The zero-order valence-electron chi connectivity index (χ0n) is 11.7. The van der Waals surface area contributed by atoms with Crippen LogP contribution < -0.4 is 5.32 Å². The lowest BCUT2D eigenvalue weighted by Gasteiger charge is -2.20.